The van der Waals surface area contributed by atoms with Gasteiger partial charge in [-0.15, -0.1) is 0 Å². The van der Waals surface area contributed by atoms with Crippen molar-refractivity contribution in [2.75, 3.05) is 0 Å². The lowest BCUT2D eigenvalue weighted by Gasteiger charge is -2.50. The van der Waals surface area contributed by atoms with Gasteiger partial charge < -0.3 is 0 Å². The van der Waals surface area contributed by atoms with Crippen LogP contribution in [0.5, 0.6) is 0 Å². The minimum atomic E-state index is -0.127. The molecule has 5 aliphatic carbocycles. The molecule has 36 heavy (non-hydrogen) atoms. The molecule has 164 valence electrons. The fourth-order valence-electron chi connectivity index (χ4n) is 9.63. The average Bonchev–Trinajstić information content (AvgIpc) is 3.34. The largest absolute Gasteiger partial charge is 0.0610 e. The van der Waals surface area contributed by atoms with E-state index in [4.69, 9.17) is 0 Å². The van der Waals surface area contributed by atoms with Gasteiger partial charge in [0, 0.05) is 10.8 Å². The van der Waals surface area contributed by atoms with Crippen molar-refractivity contribution in [1.82, 2.24) is 0 Å². The van der Waals surface area contributed by atoms with Crippen molar-refractivity contribution in [1.29, 1.82) is 0 Å². The zero-order chi connectivity index (χ0) is 23.3. The van der Waals surface area contributed by atoms with E-state index in [1.54, 1.807) is 33.4 Å². The zero-order valence-corrected chi connectivity index (χ0v) is 20.1. The highest BCUT2D eigenvalue weighted by atomic mass is 14.6. The number of hydrogen-bond acceptors (Lipinski definition) is 0. The Kier molecular flexibility index (Phi) is 2.29. The smallest absolute Gasteiger partial charge is 0.0454 e. The monoisotopic (exact) mass is 452 g/mol. The van der Waals surface area contributed by atoms with Gasteiger partial charge in [-0.05, 0) is 113 Å². The molecule has 0 nitrogen and oxygen atoms in total. The van der Waals surface area contributed by atoms with Gasteiger partial charge in [-0.3, -0.25) is 0 Å². The highest BCUT2D eigenvalue weighted by Crippen LogP contribution is 2.73. The fourth-order valence-corrected chi connectivity index (χ4v) is 9.63. The Morgan fingerprint density at radius 3 is 1.08 bits per heavy atom. The summed E-state index contributed by atoms with van der Waals surface area (Å²) in [7, 11) is 0. The third-order valence-electron chi connectivity index (χ3n) is 10.7. The normalized spacial score (nSPS) is 22.9. The molecule has 0 saturated heterocycles. The molecule has 0 aliphatic heterocycles. The lowest BCUT2D eigenvalue weighted by Crippen LogP contribution is -2.41. The van der Waals surface area contributed by atoms with Gasteiger partial charge in [-0.2, -0.15) is 0 Å². The molecule has 0 aromatic heterocycles. The number of rotatable bonds is 0. The predicted molar refractivity (Wildman–Crippen MR) is 148 cm³/mol. The van der Waals surface area contributed by atoms with Gasteiger partial charge in [-0.25, -0.2) is 0 Å². The van der Waals surface area contributed by atoms with E-state index in [2.05, 4.69) is 98.8 Å². The second kappa shape index (κ2) is 4.77. The molecule has 0 heterocycles. The van der Waals surface area contributed by atoms with Crippen LogP contribution in [0.4, 0.5) is 0 Å². The first-order chi connectivity index (χ1) is 17.6. The summed E-state index contributed by atoms with van der Waals surface area (Å²) in [5.74, 6) is 0. The van der Waals surface area contributed by atoms with Crippen molar-refractivity contribution >= 4 is 21.5 Å². The fraction of sp³-hybridized carbons (Fsp3) is 0.111. The average molecular weight is 453 g/mol. The molecule has 0 amide bonds. The molecule has 0 N–H and O–H groups in total. The number of fused-ring (bicyclic) bond motifs is 4. The van der Waals surface area contributed by atoms with Crippen LogP contribution in [0.3, 0.4) is 0 Å². The first-order valence-electron chi connectivity index (χ1n) is 13.1. The molecule has 2 atom stereocenters. The first-order valence-corrected chi connectivity index (χ1v) is 13.1. The summed E-state index contributed by atoms with van der Waals surface area (Å²) in [6.07, 6.45) is 0. The molecule has 0 heteroatoms. The number of benzene rings is 6. The van der Waals surface area contributed by atoms with Gasteiger partial charge in [-0.1, -0.05) is 84.9 Å². The second-order valence-corrected chi connectivity index (χ2v) is 11.9. The Hall–Kier alpha value is -4.16. The van der Waals surface area contributed by atoms with Gasteiger partial charge in [0.25, 0.3) is 0 Å². The SMILES string of the molecule is C[C@]12c3c4ccc5c3[C@]3(C)c6c(ccc(c61)-c1cccc6ccc-4c2c16)-c1cccc2ccc-5c3c12. The molecule has 0 bridgehead atoms. The van der Waals surface area contributed by atoms with Crippen LogP contribution >= 0.6 is 0 Å². The predicted octanol–water partition coefficient (Wildman–Crippen LogP) is 8.94. The lowest BCUT2D eigenvalue weighted by atomic mass is 9.52. The summed E-state index contributed by atoms with van der Waals surface area (Å²) >= 11 is 0. The summed E-state index contributed by atoms with van der Waals surface area (Å²) in [5.41, 5.74) is 20.6. The van der Waals surface area contributed by atoms with Gasteiger partial charge in [0.15, 0.2) is 0 Å². The Balaban J connectivity index is 1.54. The summed E-state index contributed by atoms with van der Waals surface area (Å²) in [4.78, 5) is 0. The van der Waals surface area contributed by atoms with Crippen molar-refractivity contribution < 1.29 is 0 Å². The molecule has 6 aromatic rings. The molecule has 11 rings (SSSR count). The molecule has 0 spiro atoms. The van der Waals surface area contributed by atoms with Crippen molar-refractivity contribution in [3.8, 4) is 44.5 Å². The van der Waals surface area contributed by atoms with E-state index in [0.29, 0.717) is 0 Å². The molecule has 0 saturated carbocycles. The number of hydrogen-bond donors (Lipinski definition) is 0. The summed E-state index contributed by atoms with van der Waals surface area (Å²) in [6.45, 7) is 5.09. The van der Waals surface area contributed by atoms with Gasteiger partial charge in [0.2, 0.25) is 0 Å². The maximum Gasteiger partial charge on any atom is 0.0454 e. The first kappa shape index (κ1) is 17.3. The topological polar surface area (TPSA) is 0 Å². The minimum absolute atomic E-state index is 0.127. The molecule has 6 aromatic carbocycles. The van der Waals surface area contributed by atoms with Crippen LogP contribution in [0.25, 0.3) is 66.1 Å². The van der Waals surface area contributed by atoms with Crippen molar-refractivity contribution in [2.24, 2.45) is 0 Å². The lowest BCUT2D eigenvalue weighted by molar-refractivity contribution is 0.593. The van der Waals surface area contributed by atoms with Crippen LogP contribution in [-0.2, 0) is 10.8 Å². The quantitative estimate of drug-likeness (QED) is 0.215. The highest BCUT2D eigenvalue weighted by molar-refractivity contribution is 6.16. The van der Waals surface area contributed by atoms with Gasteiger partial charge in [0.05, 0.1) is 0 Å². The Labute approximate surface area is 208 Å². The minimum Gasteiger partial charge on any atom is -0.0610 e. The summed E-state index contributed by atoms with van der Waals surface area (Å²) in [5, 5.41) is 5.66. The van der Waals surface area contributed by atoms with Crippen molar-refractivity contribution in [2.45, 2.75) is 24.7 Å². The molecular weight excluding hydrogens is 432 g/mol. The van der Waals surface area contributed by atoms with Crippen LogP contribution in [0, 0.1) is 0 Å². The van der Waals surface area contributed by atoms with Crippen LogP contribution in [0.2, 0.25) is 0 Å². The van der Waals surface area contributed by atoms with Crippen molar-refractivity contribution in [3.63, 3.8) is 0 Å². The Morgan fingerprint density at radius 2 is 0.667 bits per heavy atom. The van der Waals surface area contributed by atoms with E-state index in [1.165, 1.54) is 66.1 Å². The summed E-state index contributed by atoms with van der Waals surface area (Å²) < 4.78 is 0. The maximum absolute atomic E-state index is 2.55. The molecule has 0 unspecified atom stereocenters. The van der Waals surface area contributed by atoms with Gasteiger partial charge >= 0.3 is 0 Å². The standard InChI is InChI=1S/C36H20/c1-35-29-23-11-9-17-5-3-7-19(27(17)29)21-13-14-22-20-8-4-6-18-10-12-24-26-16-15-25(23)33(35)34(26)36(2,30(24)28(18)20)32(22)31(21)35/h3-16H,1-2H3/t35-,36+. The van der Waals surface area contributed by atoms with Crippen LogP contribution in [0.15, 0.2) is 84.9 Å². The molecule has 0 fully saturated rings. The third kappa shape index (κ3) is 1.35. The van der Waals surface area contributed by atoms with E-state index in [1.807, 2.05) is 0 Å². The Morgan fingerprint density at radius 1 is 0.333 bits per heavy atom. The molecule has 0 radical (unpaired) electrons. The Bertz CT molecular complexity index is 2020. The van der Waals surface area contributed by atoms with Crippen LogP contribution in [-0.4, -0.2) is 0 Å². The second-order valence-electron chi connectivity index (χ2n) is 11.9. The van der Waals surface area contributed by atoms with E-state index < -0.39 is 0 Å². The highest BCUT2D eigenvalue weighted by Gasteiger charge is 2.60. The zero-order valence-electron chi connectivity index (χ0n) is 20.1. The van der Waals surface area contributed by atoms with Crippen LogP contribution < -0.4 is 0 Å². The van der Waals surface area contributed by atoms with Crippen molar-refractivity contribution in [3.05, 3.63) is 118 Å². The van der Waals surface area contributed by atoms with E-state index in [0.717, 1.165) is 0 Å². The van der Waals surface area contributed by atoms with E-state index in [9.17, 15) is 0 Å². The molecule has 5 aliphatic rings. The van der Waals surface area contributed by atoms with E-state index in [-0.39, 0.29) is 10.8 Å². The summed E-state index contributed by atoms with van der Waals surface area (Å²) in [6, 6.07) is 33.1. The van der Waals surface area contributed by atoms with Gasteiger partial charge in [0.1, 0.15) is 0 Å². The van der Waals surface area contributed by atoms with Crippen LogP contribution in [0.1, 0.15) is 47.2 Å². The third-order valence-corrected chi connectivity index (χ3v) is 10.7. The maximum atomic E-state index is 2.55. The van der Waals surface area contributed by atoms with E-state index >= 15 is 0 Å². The molecular formula is C36H20.